The molecule has 0 spiro atoms. The van der Waals surface area contributed by atoms with E-state index in [2.05, 4.69) is 5.32 Å². The van der Waals surface area contributed by atoms with Crippen molar-refractivity contribution in [2.75, 3.05) is 25.7 Å². The summed E-state index contributed by atoms with van der Waals surface area (Å²) in [6.45, 7) is 2.43. The summed E-state index contributed by atoms with van der Waals surface area (Å²) in [6.07, 6.45) is 5.99. The van der Waals surface area contributed by atoms with Crippen LogP contribution < -0.4 is 14.8 Å². The van der Waals surface area contributed by atoms with Gasteiger partial charge in [0.15, 0.2) is 11.5 Å². The molecule has 0 saturated heterocycles. The maximum Gasteiger partial charge on any atom is 0.161 e. The molecule has 0 aromatic heterocycles. The quantitative estimate of drug-likeness (QED) is 0.832. The molecule has 1 N–H and O–H groups in total. The van der Waals surface area contributed by atoms with Gasteiger partial charge in [-0.05, 0) is 37.2 Å². The molecule has 22 heavy (non-hydrogen) atoms. The van der Waals surface area contributed by atoms with Crippen LogP contribution in [0.3, 0.4) is 0 Å². The van der Waals surface area contributed by atoms with Crippen molar-refractivity contribution in [1.29, 1.82) is 0 Å². The van der Waals surface area contributed by atoms with E-state index in [4.69, 9.17) is 9.47 Å². The molecule has 0 radical (unpaired) electrons. The number of benzene rings is 1. The highest BCUT2D eigenvalue weighted by atomic mass is 32.2. The molecule has 0 amide bonds. The van der Waals surface area contributed by atoms with Crippen LogP contribution in [0.15, 0.2) is 30.5 Å². The molecule has 0 aliphatic carbocycles. The van der Waals surface area contributed by atoms with Gasteiger partial charge in [-0.3, -0.25) is 0 Å². The number of nitrogens with one attached hydrogen (secondary N) is 1. The van der Waals surface area contributed by atoms with Gasteiger partial charge in [-0.15, -0.1) is 0 Å². The van der Waals surface area contributed by atoms with Crippen molar-refractivity contribution in [3.8, 4) is 11.5 Å². The lowest BCUT2D eigenvalue weighted by molar-refractivity contribution is 0.310. The van der Waals surface area contributed by atoms with E-state index in [0.717, 1.165) is 12.0 Å². The lowest BCUT2D eigenvalue weighted by Crippen LogP contribution is -2.32. The third-order valence-corrected chi connectivity index (χ3v) is 4.67. The monoisotopic (exact) mass is 325 g/mol. The minimum atomic E-state index is -3.09. The Bertz CT molecular complexity index is 632. The Balaban J connectivity index is 2.35. The first kappa shape index (κ1) is 16.7. The van der Waals surface area contributed by atoms with Crippen LogP contribution in [0.4, 0.5) is 0 Å². The molecule has 6 heteroatoms. The summed E-state index contributed by atoms with van der Waals surface area (Å²) in [4.78, 5) is 0. The Morgan fingerprint density at radius 3 is 2.68 bits per heavy atom. The van der Waals surface area contributed by atoms with Crippen LogP contribution in [-0.4, -0.2) is 40.2 Å². The zero-order chi connectivity index (χ0) is 16.2. The summed E-state index contributed by atoms with van der Waals surface area (Å²) < 4.78 is 34.5. The van der Waals surface area contributed by atoms with Crippen molar-refractivity contribution in [2.24, 2.45) is 0 Å². The highest BCUT2D eigenvalue weighted by Gasteiger charge is 2.28. The molecule has 1 aromatic rings. The first-order chi connectivity index (χ1) is 10.4. The molecular weight excluding hydrogens is 302 g/mol. The minimum absolute atomic E-state index is 0.0811. The Morgan fingerprint density at radius 2 is 2.14 bits per heavy atom. The van der Waals surface area contributed by atoms with Crippen molar-refractivity contribution in [3.05, 3.63) is 36.0 Å². The smallest absolute Gasteiger partial charge is 0.161 e. The van der Waals surface area contributed by atoms with E-state index < -0.39 is 9.84 Å². The predicted octanol–water partition coefficient (Wildman–Crippen LogP) is 2.10. The topological polar surface area (TPSA) is 64.6 Å². The van der Waals surface area contributed by atoms with Crippen LogP contribution in [0.2, 0.25) is 0 Å². The third-order valence-electron chi connectivity index (χ3n) is 3.70. The van der Waals surface area contributed by atoms with Crippen molar-refractivity contribution < 1.29 is 17.9 Å². The lowest BCUT2D eigenvalue weighted by Gasteiger charge is -2.25. The van der Waals surface area contributed by atoms with Crippen LogP contribution >= 0.6 is 0 Å². The average Bonchev–Trinajstić information content (AvgIpc) is 2.98. The number of ether oxygens (including phenoxy) is 2. The molecule has 1 aliphatic rings. The van der Waals surface area contributed by atoms with Gasteiger partial charge in [-0.2, -0.15) is 0 Å². The molecule has 1 aromatic carbocycles. The number of methoxy groups -OCH3 is 1. The van der Waals surface area contributed by atoms with E-state index in [1.807, 2.05) is 37.4 Å². The first-order valence-corrected chi connectivity index (χ1v) is 9.40. The van der Waals surface area contributed by atoms with Gasteiger partial charge < -0.3 is 14.8 Å². The fourth-order valence-corrected chi connectivity index (χ4v) is 3.79. The van der Waals surface area contributed by atoms with E-state index >= 15 is 0 Å². The standard InChI is InChI=1S/C16H23NO4S/c1-4-21-16-10-12(7-8-15(16)20-2)13(11-22(3,18)19)14-6-5-9-17-14/h5,7-10,13-14,17H,4,6,11H2,1-3H3. The molecule has 2 atom stereocenters. The molecule has 0 fully saturated rings. The summed E-state index contributed by atoms with van der Waals surface area (Å²) in [7, 11) is -1.50. The van der Waals surface area contributed by atoms with Gasteiger partial charge >= 0.3 is 0 Å². The van der Waals surface area contributed by atoms with Gasteiger partial charge in [-0.1, -0.05) is 12.1 Å². The molecule has 0 bridgehead atoms. The van der Waals surface area contributed by atoms with Gasteiger partial charge in [0, 0.05) is 18.2 Å². The summed E-state index contributed by atoms with van der Waals surface area (Å²) in [5.41, 5.74) is 0.941. The second kappa shape index (κ2) is 7.05. The van der Waals surface area contributed by atoms with Gasteiger partial charge in [0.1, 0.15) is 9.84 Å². The van der Waals surface area contributed by atoms with Crippen LogP contribution in [0, 0.1) is 0 Å². The molecule has 0 saturated carbocycles. The highest BCUT2D eigenvalue weighted by molar-refractivity contribution is 7.90. The summed E-state index contributed by atoms with van der Waals surface area (Å²) in [6, 6.07) is 5.71. The van der Waals surface area contributed by atoms with Gasteiger partial charge in [0.05, 0.1) is 19.5 Å². The van der Waals surface area contributed by atoms with Crippen molar-refractivity contribution >= 4 is 9.84 Å². The van der Waals surface area contributed by atoms with E-state index in [1.54, 1.807) is 7.11 Å². The Kier molecular flexibility index (Phi) is 5.34. The second-order valence-corrected chi connectivity index (χ2v) is 7.64. The van der Waals surface area contributed by atoms with Crippen LogP contribution in [-0.2, 0) is 9.84 Å². The van der Waals surface area contributed by atoms with Crippen LogP contribution in [0.1, 0.15) is 24.8 Å². The van der Waals surface area contributed by atoms with Gasteiger partial charge in [-0.25, -0.2) is 8.42 Å². The molecule has 1 heterocycles. The minimum Gasteiger partial charge on any atom is -0.493 e. The number of rotatable bonds is 7. The van der Waals surface area contributed by atoms with Crippen molar-refractivity contribution in [3.63, 3.8) is 0 Å². The van der Waals surface area contributed by atoms with Gasteiger partial charge in [0.25, 0.3) is 0 Å². The van der Waals surface area contributed by atoms with Crippen LogP contribution in [0.25, 0.3) is 0 Å². The fourth-order valence-electron chi connectivity index (χ4n) is 2.72. The summed E-state index contributed by atoms with van der Waals surface area (Å²) >= 11 is 0. The molecule has 2 rings (SSSR count). The van der Waals surface area contributed by atoms with Crippen LogP contribution in [0.5, 0.6) is 11.5 Å². The van der Waals surface area contributed by atoms with E-state index in [1.165, 1.54) is 6.26 Å². The average molecular weight is 325 g/mol. The zero-order valence-electron chi connectivity index (χ0n) is 13.2. The Hall–Kier alpha value is -1.69. The number of sulfone groups is 1. The Morgan fingerprint density at radius 1 is 1.36 bits per heavy atom. The SMILES string of the molecule is CCOc1cc(C(CS(C)(=O)=O)C2CC=CN2)ccc1OC. The van der Waals surface area contributed by atoms with Gasteiger partial charge in [0.2, 0.25) is 0 Å². The fraction of sp³-hybridized carbons (Fsp3) is 0.500. The zero-order valence-corrected chi connectivity index (χ0v) is 14.0. The maximum absolute atomic E-state index is 11.8. The van der Waals surface area contributed by atoms with E-state index in [0.29, 0.717) is 18.1 Å². The van der Waals surface area contributed by atoms with E-state index in [9.17, 15) is 8.42 Å². The summed E-state index contributed by atoms with van der Waals surface area (Å²) in [5, 5.41) is 3.24. The largest absolute Gasteiger partial charge is 0.493 e. The molecule has 1 aliphatic heterocycles. The van der Waals surface area contributed by atoms with Crippen molar-refractivity contribution in [1.82, 2.24) is 5.32 Å². The van der Waals surface area contributed by atoms with E-state index in [-0.39, 0.29) is 17.7 Å². The number of hydrogen-bond acceptors (Lipinski definition) is 5. The Labute approximate surface area is 132 Å². The van der Waals surface area contributed by atoms with Crippen molar-refractivity contribution in [2.45, 2.75) is 25.3 Å². The summed E-state index contributed by atoms with van der Waals surface area (Å²) in [5.74, 6) is 1.27. The number of hydrogen-bond donors (Lipinski definition) is 1. The first-order valence-electron chi connectivity index (χ1n) is 7.34. The maximum atomic E-state index is 11.8. The molecule has 122 valence electrons. The lowest BCUT2D eigenvalue weighted by atomic mass is 9.92. The third kappa shape index (κ3) is 4.16. The predicted molar refractivity (Wildman–Crippen MR) is 87.3 cm³/mol. The normalized spacial score (nSPS) is 18.8. The molecular formula is C16H23NO4S. The molecule has 2 unspecified atom stereocenters. The molecule has 5 nitrogen and oxygen atoms in total. The highest BCUT2D eigenvalue weighted by Crippen LogP contribution is 2.34. The second-order valence-electron chi connectivity index (χ2n) is 5.45.